The Labute approximate surface area is 185 Å². The van der Waals surface area contributed by atoms with Crippen LogP contribution in [-0.4, -0.2) is 29.8 Å². The first kappa shape index (κ1) is 22.1. The Balaban J connectivity index is 1.78. The van der Waals surface area contributed by atoms with E-state index >= 15 is 0 Å². The molecule has 2 amide bonds. The van der Waals surface area contributed by atoms with Crippen molar-refractivity contribution < 1.29 is 22.8 Å². The number of anilines is 1. The maximum atomic E-state index is 13.5. The molecule has 0 N–H and O–H groups in total. The molecule has 0 saturated carbocycles. The zero-order valence-corrected chi connectivity index (χ0v) is 18.2. The van der Waals surface area contributed by atoms with Crippen molar-refractivity contribution in [2.75, 3.05) is 18.0 Å². The molecule has 32 heavy (non-hydrogen) atoms. The van der Waals surface area contributed by atoms with E-state index in [1.807, 2.05) is 36.1 Å². The number of likely N-dealkylation sites (tertiary alicyclic amines) is 1. The minimum Gasteiger partial charge on any atom is -0.366 e. The first-order valence-corrected chi connectivity index (χ1v) is 10.7. The number of nitrogens with zero attached hydrogens (tertiary/aromatic N) is 2. The molecule has 4 rings (SSSR count). The zero-order valence-electron chi connectivity index (χ0n) is 18.2. The molecule has 2 aliphatic heterocycles. The molecule has 0 radical (unpaired) electrons. The molecule has 2 aliphatic rings. The quantitative estimate of drug-likeness (QED) is 0.608. The Morgan fingerprint density at radius 3 is 1.94 bits per heavy atom. The highest BCUT2D eigenvalue weighted by Crippen LogP contribution is 2.38. The van der Waals surface area contributed by atoms with Crippen LogP contribution in [0.25, 0.3) is 5.57 Å². The Kier molecular flexibility index (Phi) is 5.61. The maximum Gasteiger partial charge on any atom is 0.416 e. The number of rotatable bonds is 3. The fourth-order valence-corrected chi connectivity index (χ4v) is 4.67. The third kappa shape index (κ3) is 4.04. The minimum atomic E-state index is -4.49. The lowest BCUT2D eigenvalue weighted by Gasteiger charge is -2.37. The maximum absolute atomic E-state index is 13.5. The van der Waals surface area contributed by atoms with E-state index in [4.69, 9.17) is 0 Å². The van der Waals surface area contributed by atoms with Gasteiger partial charge in [0.25, 0.3) is 11.8 Å². The molecule has 1 saturated heterocycles. The number of alkyl halides is 3. The molecule has 1 fully saturated rings. The number of carbonyl (C=O) groups is 2. The molecule has 0 aliphatic carbocycles. The fraction of sp³-hybridized carbons (Fsp3) is 0.360. The van der Waals surface area contributed by atoms with Gasteiger partial charge in [-0.1, -0.05) is 43.7 Å². The van der Waals surface area contributed by atoms with Crippen molar-refractivity contribution in [2.45, 2.75) is 33.4 Å². The van der Waals surface area contributed by atoms with E-state index < -0.39 is 23.6 Å². The highest BCUT2D eigenvalue weighted by Gasteiger charge is 2.44. The van der Waals surface area contributed by atoms with Gasteiger partial charge in [0.15, 0.2) is 0 Å². The van der Waals surface area contributed by atoms with Crippen molar-refractivity contribution in [3.8, 4) is 0 Å². The molecule has 4 nitrogen and oxygen atoms in total. The molecule has 2 atom stereocenters. The van der Waals surface area contributed by atoms with E-state index in [0.29, 0.717) is 41.8 Å². The second kappa shape index (κ2) is 8.11. The average molecular weight is 442 g/mol. The molecule has 2 aromatic carbocycles. The third-order valence-corrected chi connectivity index (χ3v) is 6.04. The van der Waals surface area contributed by atoms with Gasteiger partial charge < -0.3 is 4.90 Å². The van der Waals surface area contributed by atoms with Crippen molar-refractivity contribution in [1.82, 2.24) is 4.90 Å². The number of carbonyl (C=O) groups excluding carboxylic acids is 2. The molecule has 0 aromatic heterocycles. The molecular formula is C25H25F3N2O2. The molecule has 2 heterocycles. The fourth-order valence-electron chi connectivity index (χ4n) is 4.67. The summed E-state index contributed by atoms with van der Waals surface area (Å²) >= 11 is 0. The summed E-state index contributed by atoms with van der Waals surface area (Å²) in [5.74, 6) is -0.298. The summed E-state index contributed by atoms with van der Waals surface area (Å²) in [6.07, 6.45) is -3.46. The Morgan fingerprint density at radius 1 is 0.844 bits per heavy atom. The average Bonchev–Trinajstić information content (AvgIpc) is 2.97. The van der Waals surface area contributed by atoms with Crippen LogP contribution in [0, 0.1) is 18.8 Å². The Bertz CT molecular complexity index is 1060. The smallest absolute Gasteiger partial charge is 0.366 e. The van der Waals surface area contributed by atoms with Crippen LogP contribution < -0.4 is 4.90 Å². The van der Waals surface area contributed by atoms with E-state index in [9.17, 15) is 22.8 Å². The molecular weight excluding hydrogens is 417 g/mol. The van der Waals surface area contributed by atoms with Gasteiger partial charge in [0.05, 0.1) is 16.8 Å². The Hall–Kier alpha value is -3.09. The van der Waals surface area contributed by atoms with Gasteiger partial charge in [-0.25, -0.2) is 4.90 Å². The molecule has 2 unspecified atom stereocenters. The summed E-state index contributed by atoms with van der Waals surface area (Å²) in [6.45, 7) is 7.46. The normalized spacial score (nSPS) is 22.2. The van der Waals surface area contributed by atoms with Crippen LogP contribution in [-0.2, 0) is 15.8 Å². The summed E-state index contributed by atoms with van der Waals surface area (Å²) in [4.78, 5) is 30.0. The lowest BCUT2D eigenvalue weighted by molar-refractivity contribution is -0.137. The van der Waals surface area contributed by atoms with E-state index in [1.54, 1.807) is 0 Å². The highest BCUT2D eigenvalue weighted by molar-refractivity contribution is 6.45. The van der Waals surface area contributed by atoms with Gasteiger partial charge in [0.1, 0.15) is 5.70 Å². The lowest BCUT2D eigenvalue weighted by atomic mass is 9.91. The Morgan fingerprint density at radius 2 is 1.41 bits per heavy atom. The summed E-state index contributed by atoms with van der Waals surface area (Å²) in [6, 6.07) is 11.5. The number of imide groups is 1. The number of piperidine rings is 1. The zero-order chi connectivity index (χ0) is 23.2. The third-order valence-electron chi connectivity index (χ3n) is 6.04. The van der Waals surface area contributed by atoms with Crippen LogP contribution >= 0.6 is 0 Å². The monoisotopic (exact) mass is 442 g/mol. The summed E-state index contributed by atoms with van der Waals surface area (Å²) in [7, 11) is 0. The van der Waals surface area contributed by atoms with Crippen molar-refractivity contribution in [1.29, 1.82) is 0 Å². The number of amides is 2. The van der Waals surface area contributed by atoms with Crippen LogP contribution in [0.4, 0.5) is 18.9 Å². The van der Waals surface area contributed by atoms with Crippen LogP contribution in [0.5, 0.6) is 0 Å². The summed E-state index contributed by atoms with van der Waals surface area (Å²) < 4.78 is 38.9. The predicted octanol–water partition coefficient (Wildman–Crippen LogP) is 5.28. The summed E-state index contributed by atoms with van der Waals surface area (Å²) in [5, 5.41) is 0. The van der Waals surface area contributed by atoms with Gasteiger partial charge >= 0.3 is 6.18 Å². The number of aryl methyl sites for hydroxylation is 1. The standard InChI is InChI=1S/C25H25F3N2O2/c1-15-4-6-18(7-5-15)21-22(29-13-16(2)12-17(3)14-29)24(32)30(23(21)31)20-10-8-19(9-11-20)25(26,27)28/h4-11,16-17H,12-14H2,1-3H3. The number of hydrogen-bond acceptors (Lipinski definition) is 3. The van der Waals surface area contributed by atoms with Crippen molar-refractivity contribution in [3.63, 3.8) is 0 Å². The van der Waals surface area contributed by atoms with E-state index in [1.165, 1.54) is 12.1 Å². The number of benzene rings is 2. The van der Waals surface area contributed by atoms with Crippen molar-refractivity contribution in [3.05, 3.63) is 70.9 Å². The molecule has 0 spiro atoms. The highest BCUT2D eigenvalue weighted by atomic mass is 19.4. The summed E-state index contributed by atoms with van der Waals surface area (Å²) in [5.41, 5.74) is 1.58. The van der Waals surface area contributed by atoms with Crippen LogP contribution in [0.2, 0.25) is 0 Å². The van der Waals surface area contributed by atoms with E-state index in [2.05, 4.69) is 13.8 Å². The van der Waals surface area contributed by atoms with Gasteiger partial charge in [0, 0.05) is 13.1 Å². The van der Waals surface area contributed by atoms with Crippen molar-refractivity contribution in [2.24, 2.45) is 11.8 Å². The SMILES string of the molecule is Cc1ccc(C2=C(N3CC(C)CC(C)C3)C(=O)N(c3ccc(C(F)(F)F)cc3)C2=O)cc1. The van der Waals surface area contributed by atoms with Gasteiger partial charge in [0.2, 0.25) is 0 Å². The van der Waals surface area contributed by atoms with E-state index in [-0.39, 0.29) is 5.69 Å². The molecule has 168 valence electrons. The van der Waals surface area contributed by atoms with Gasteiger partial charge in [-0.2, -0.15) is 13.2 Å². The first-order chi connectivity index (χ1) is 15.1. The topological polar surface area (TPSA) is 40.6 Å². The van der Waals surface area contributed by atoms with Crippen LogP contribution in [0.3, 0.4) is 0 Å². The molecule has 2 aromatic rings. The van der Waals surface area contributed by atoms with Gasteiger partial charge in [-0.3, -0.25) is 9.59 Å². The molecule has 0 bridgehead atoms. The second-order valence-electron chi connectivity index (χ2n) is 8.93. The first-order valence-electron chi connectivity index (χ1n) is 10.7. The van der Waals surface area contributed by atoms with Crippen molar-refractivity contribution >= 4 is 23.1 Å². The van der Waals surface area contributed by atoms with E-state index in [0.717, 1.165) is 29.0 Å². The predicted molar refractivity (Wildman–Crippen MR) is 117 cm³/mol. The van der Waals surface area contributed by atoms with Gasteiger partial charge in [-0.05, 0) is 55.0 Å². The van der Waals surface area contributed by atoms with Crippen LogP contribution in [0.1, 0.15) is 37.0 Å². The minimum absolute atomic E-state index is 0.130. The number of halogens is 3. The molecule has 7 heteroatoms. The second-order valence-corrected chi connectivity index (χ2v) is 8.93. The largest absolute Gasteiger partial charge is 0.416 e. The van der Waals surface area contributed by atoms with Crippen LogP contribution in [0.15, 0.2) is 54.2 Å². The number of hydrogen-bond donors (Lipinski definition) is 0. The van der Waals surface area contributed by atoms with Gasteiger partial charge in [-0.15, -0.1) is 0 Å². The lowest BCUT2D eigenvalue weighted by Crippen LogP contribution is -2.42.